The number of ether oxygens (including phenoxy) is 2. The molecule has 0 bridgehead atoms. The Balaban J connectivity index is 4.11. The zero-order valence-corrected chi connectivity index (χ0v) is 30.3. The van der Waals surface area contributed by atoms with Crippen LogP contribution in [0.2, 0.25) is 0 Å². The quantitative estimate of drug-likeness (QED) is 0.0312. The van der Waals surface area contributed by atoms with Crippen molar-refractivity contribution in [2.45, 2.75) is 155 Å². The van der Waals surface area contributed by atoms with Crippen LogP contribution in [0.1, 0.15) is 149 Å². The summed E-state index contributed by atoms with van der Waals surface area (Å²) in [7, 11) is -4.76. The summed E-state index contributed by atoms with van der Waals surface area (Å²) in [5.41, 5.74) is 0. The minimum Gasteiger partial charge on any atom is -0.462 e. The predicted octanol–water partition coefficient (Wildman–Crippen LogP) is 10.6. The van der Waals surface area contributed by atoms with Crippen molar-refractivity contribution < 1.29 is 37.9 Å². The highest BCUT2D eigenvalue weighted by atomic mass is 31.2. The lowest BCUT2D eigenvalue weighted by Gasteiger charge is -2.18. The van der Waals surface area contributed by atoms with E-state index in [1.807, 2.05) is 6.08 Å². The lowest BCUT2D eigenvalue weighted by molar-refractivity contribution is -0.161. The van der Waals surface area contributed by atoms with Gasteiger partial charge in [-0.2, -0.15) is 0 Å². The Hall–Kier alpha value is -2.25. The van der Waals surface area contributed by atoms with Crippen LogP contribution >= 0.6 is 7.82 Å². The second kappa shape index (κ2) is 33.6. The molecule has 0 unspecified atom stereocenters. The lowest BCUT2D eigenvalue weighted by Crippen LogP contribution is -2.29. The summed E-state index contributed by atoms with van der Waals surface area (Å²) in [5, 5.41) is 0. The minimum atomic E-state index is -4.76. The normalized spacial score (nSPS) is 13.2. The van der Waals surface area contributed by atoms with E-state index in [1.54, 1.807) is 0 Å². The van der Waals surface area contributed by atoms with E-state index in [2.05, 4.69) is 73.1 Å². The molecule has 0 heterocycles. The first-order valence-electron chi connectivity index (χ1n) is 18.1. The summed E-state index contributed by atoms with van der Waals surface area (Å²) in [5.74, 6) is -0.968. The molecule has 0 aliphatic rings. The van der Waals surface area contributed by atoms with Crippen LogP contribution in [-0.2, 0) is 28.2 Å². The van der Waals surface area contributed by atoms with Crippen LogP contribution in [-0.4, -0.2) is 41.0 Å². The van der Waals surface area contributed by atoms with E-state index < -0.39 is 32.5 Å². The average Bonchev–Trinajstić information content (AvgIpc) is 3.04. The van der Waals surface area contributed by atoms with Crippen molar-refractivity contribution in [3.05, 3.63) is 60.8 Å². The molecule has 47 heavy (non-hydrogen) atoms. The largest absolute Gasteiger partial charge is 0.469 e. The van der Waals surface area contributed by atoms with Gasteiger partial charge in [0.05, 0.1) is 6.61 Å². The Labute approximate surface area is 286 Å². The fraction of sp³-hybridized carbons (Fsp3) is 0.684. The predicted molar refractivity (Wildman–Crippen MR) is 193 cm³/mol. The van der Waals surface area contributed by atoms with E-state index in [-0.39, 0.29) is 19.4 Å². The number of phosphoric ester groups is 1. The summed E-state index contributed by atoms with van der Waals surface area (Å²) in [6, 6.07) is 0. The van der Waals surface area contributed by atoms with Crippen molar-refractivity contribution >= 4 is 19.8 Å². The summed E-state index contributed by atoms with van der Waals surface area (Å²) in [6.45, 7) is 3.55. The monoisotopic (exact) mass is 680 g/mol. The molecule has 0 spiro atoms. The molecular weight excluding hydrogens is 615 g/mol. The van der Waals surface area contributed by atoms with Crippen LogP contribution in [0.25, 0.3) is 0 Å². The number of esters is 2. The van der Waals surface area contributed by atoms with Crippen molar-refractivity contribution in [1.82, 2.24) is 0 Å². The van der Waals surface area contributed by atoms with Crippen LogP contribution in [0.5, 0.6) is 0 Å². The van der Waals surface area contributed by atoms with Crippen molar-refractivity contribution in [3.8, 4) is 0 Å². The first kappa shape index (κ1) is 44.8. The average molecular weight is 681 g/mol. The molecule has 0 aromatic carbocycles. The van der Waals surface area contributed by atoms with Gasteiger partial charge < -0.3 is 19.3 Å². The molecule has 8 nitrogen and oxygen atoms in total. The number of hydrogen-bond acceptors (Lipinski definition) is 6. The molecular formula is C38H65O8P. The zero-order chi connectivity index (χ0) is 34.7. The molecule has 2 N–H and O–H groups in total. The highest BCUT2D eigenvalue weighted by Crippen LogP contribution is 2.35. The molecule has 0 aliphatic heterocycles. The van der Waals surface area contributed by atoms with Crippen LogP contribution in [0.15, 0.2) is 60.8 Å². The van der Waals surface area contributed by atoms with Gasteiger partial charge in [0.2, 0.25) is 0 Å². The van der Waals surface area contributed by atoms with E-state index in [0.29, 0.717) is 12.8 Å². The summed E-state index contributed by atoms with van der Waals surface area (Å²) in [6.07, 6.45) is 40.9. The van der Waals surface area contributed by atoms with Gasteiger partial charge in [0, 0.05) is 12.8 Å². The van der Waals surface area contributed by atoms with Crippen molar-refractivity contribution in [1.29, 1.82) is 0 Å². The Kier molecular flexibility index (Phi) is 32.0. The van der Waals surface area contributed by atoms with Crippen LogP contribution in [0.4, 0.5) is 0 Å². The number of rotatable bonds is 32. The van der Waals surface area contributed by atoms with Crippen molar-refractivity contribution in [3.63, 3.8) is 0 Å². The van der Waals surface area contributed by atoms with E-state index in [9.17, 15) is 14.2 Å². The fourth-order valence-electron chi connectivity index (χ4n) is 4.53. The number of allylic oxidation sites excluding steroid dienone is 10. The summed E-state index contributed by atoms with van der Waals surface area (Å²) >= 11 is 0. The fourth-order valence-corrected chi connectivity index (χ4v) is 4.89. The Morgan fingerprint density at radius 2 is 0.979 bits per heavy atom. The second-order valence-corrected chi connectivity index (χ2v) is 13.1. The third kappa shape index (κ3) is 36.4. The SMILES string of the molecule is CCCCC/C=C\C/C=C\C/C=C\C/C=C\CCCC(=O)OC[C@H](COP(=O)(O)O)OC(=O)CCCCCCC/C=C\CCCCC. The van der Waals surface area contributed by atoms with Crippen molar-refractivity contribution in [2.75, 3.05) is 13.2 Å². The molecule has 270 valence electrons. The standard InChI is InChI=1S/C38H65O8P/c1-3-5-7-9-11-13-15-17-18-19-20-21-23-24-26-28-30-32-37(39)44-34-36(35-45-47(41,42)43)46-38(40)33-31-29-27-25-22-16-14-12-10-8-6-4-2/h11-14,17-18,20-21,24,26,36H,3-10,15-16,19,22-23,25,27-35H2,1-2H3,(H2,41,42,43)/b13-11-,14-12-,18-17-,21-20-,26-24-/t36-/m1/s1. The lowest BCUT2D eigenvalue weighted by atomic mass is 10.1. The molecule has 1 atom stereocenters. The van der Waals surface area contributed by atoms with Gasteiger partial charge in [-0.05, 0) is 77.0 Å². The van der Waals surface area contributed by atoms with Gasteiger partial charge in [-0.15, -0.1) is 0 Å². The highest BCUT2D eigenvalue weighted by molar-refractivity contribution is 7.46. The van der Waals surface area contributed by atoms with Crippen LogP contribution < -0.4 is 0 Å². The van der Waals surface area contributed by atoms with Gasteiger partial charge in [-0.1, -0.05) is 120 Å². The summed E-state index contributed by atoms with van der Waals surface area (Å²) < 4.78 is 26.2. The molecule has 0 aliphatic carbocycles. The second-order valence-electron chi connectivity index (χ2n) is 11.8. The van der Waals surface area contributed by atoms with Gasteiger partial charge >= 0.3 is 19.8 Å². The minimum absolute atomic E-state index is 0.187. The molecule has 0 fully saturated rings. The van der Waals surface area contributed by atoms with Gasteiger partial charge in [0.15, 0.2) is 6.10 Å². The first-order valence-corrected chi connectivity index (χ1v) is 19.6. The number of carbonyl (C=O) groups excluding carboxylic acids is 2. The van der Waals surface area contributed by atoms with Crippen LogP contribution in [0, 0.1) is 0 Å². The maximum absolute atomic E-state index is 12.3. The number of unbranched alkanes of at least 4 members (excludes halogenated alkanes) is 12. The van der Waals surface area contributed by atoms with E-state index in [1.165, 1.54) is 44.9 Å². The first-order chi connectivity index (χ1) is 22.8. The van der Waals surface area contributed by atoms with Gasteiger partial charge in [-0.25, -0.2) is 4.57 Å². The number of carbonyl (C=O) groups is 2. The Morgan fingerprint density at radius 1 is 0.553 bits per heavy atom. The van der Waals surface area contributed by atoms with E-state index >= 15 is 0 Å². The molecule has 0 rings (SSSR count). The maximum Gasteiger partial charge on any atom is 0.469 e. The molecule has 0 aromatic rings. The Bertz CT molecular complexity index is 947. The molecule has 0 radical (unpaired) electrons. The van der Waals surface area contributed by atoms with Gasteiger partial charge in [-0.3, -0.25) is 14.1 Å². The molecule has 0 aromatic heterocycles. The van der Waals surface area contributed by atoms with Crippen LogP contribution in [0.3, 0.4) is 0 Å². The smallest absolute Gasteiger partial charge is 0.462 e. The van der Waals surface area contributed by atoms with Crippen molar-refractivity contribution in [2.24, 2.45) is 0 Å². The topological polar surface area (TPSA) is 119 Å². The number of hydrogen-bond donors (Lipinski definition) is 2. The molecule has 0 amide bonds. The zero-order valence-electron chi connectivity index (χ0n) is 29.4. The third-order valence-corrected chi connectivity index (χ3v) is 7.74. The number of phosphoric acid groups is 1. The maximum atomic E-state index is 12.3. The Morgan fingerprint density at radius 3 is 1.51 bits per heavy atom. The third-order valence-electron chi connectivity index (χ3n) is 7.26. The summed E-state index contributed by atoms with van der Waals surface area (Å²) in [4.78, 5) is 42.6. The van der Waals surface area contributed by atoms with Gasteiger partial charge in [0.1, 0.15) is 6.61 Å². The highest BCUT2D eigenvalue weighted by Gasteiger charge is 2.22. The van der Waals surface area contributed by atoms with E-state index in [4.69, 9.17) is 19.3 Å². The van der Waals surface area contributed by atoms with Gasteiger partial charge in [0.25, 0.3) is 0 Å². The molecule has 0 saturated heterocycles. The van der Waals surface area contributed by atoms with E-state index in [0.717, 1.165) is 64.2 Å². The molecule has 9 heteroatoms. The molecule has 0 saturated carbocycles.